The van der Waals surface area contributed by atoms with Crippen LogP contribution in [0.4, 0.5) is 11.4 Å². The molecular weight excluding hydrogens is 462 g/mol. The highest BCUT2D eigenvalue weighted by atomic mass is 32.1. The average molecular weight is 490 g/mol. The van der Waals surface area contributed by atoms with Crippen LogP contribution in [0.1, 0.15) is 24.1 Å². The van der Waals surface area contributed by atoms with E-state index in [9.17, 15) is 4.79 Å². The van der Waals surface area contributed by atoms with E-state index in [4.69, 9.17) is 26.4 Å². The normalized spacial score (nSPS) is 22.4. The Morgan fingerprint density at radius 1 is 1.06 bits per heavy atom. The minimum absolute atomic E-state index is 0.190. The zero-order valence-corrected chi connectivity index (χ0v) is 20.8. The third-order valence-corrected chi connectivity index (χ3v) is 7.00. The van der Waals surface area contributed by atoms with Crippen LogP contribution < -0.4 is 29.7 Å². The Kier molecular flexibility index (Phi) is 5.76. The molecule has 0 spiro atoms. The van der Waals surface area contributed by atoms with Gasteiger partial charge in [-0.25, -0.2) is 0 Å². The van der Waals surface area contributed by atoms with Crippen LogP contribution >= 0.6 is 12.2 Å². The molecule has 5 rings (SSSR count). The second kappa shape index (κ2) is 8.78. The molecule has 2 aliphatic heterocycles. The van der Waals surface area contributed by atoms with E-state index < -0.39 is 17.7 Å². The first-order valence-electron chi connectivity index (χ1n) is 11.3. The average Bonchev–Trinajstić information content (AvgIpc) is 2.85. The van der Waals surface area contributed by atoms with Crippen LogP contribution in [0.15, 0.2) is 66.7 Å². The summed E-state index contributed by atoms with van der Waals surface area (Å²) >= 11 is 5.84. The number of rotatable bonds is 5. The van der Waals surface area contributed by atoms with Crippen molar-refractivity contribution in [3.63, 3.8) is 0 Å². The Balaban J connectivity index is 1.61. The van der Waals surface area contributed by atoms with Crippen molar-refractivity contribution in [2.24, 2.45) is 5.92 Å². The molecule has 1 fully saturated rings. The van der Waals surface area contributed by atoms with Gasteiger partial charge in [0.1, 0.15) is 23.2 Å². The number of ether oxygens (including phenoxy) is 3. The van der Waals surface area contributed by atoms with Gasteiger partial charge >= 0.3 is 0 Å². The number of carbonyl (C=O) groups excluding carboxylic acids is 1. The summed E-state index contributed by atoms with van der Waals surface area (Å²) in [4.78, 5) is 15.8. The maximum atomic E-state index is 13.9. The third kappa shape index (κ3) is 3.83. The second-order valence-electron chi connectivity index (χ2n) is 8.80. The van der Waals surface area contributed by atoms with Crippen molar-refractivity contribution < 1.29 is 19.0 Å². The van der Waals surface area contributed by atoms with Crippen molar-refractivity contribution in [3.05, 3.63) is 77.9 Å². The van der Waals surface area contributed by atoms with Crippen LogP contribution in [-0.4, -0.2) is 31.0 Å². The lowest BCUT2D eigenvalue weighted by Crippen LogP contribution is -2.72. The molecule has 0 aromatic heterocycles. The standard InChI is InChI=1S/C27H27N3O4S/c1-16-7-5-6-8-21(16)30-26(35)29-24-20-15-19(33-4)13-14-22(20)34-27(30,2)23(24)25(31)28-17-9-11-18(32-3)12-10-17/h5-15,23-24H,1-4H3,(H,28,31)(H,29,35)/t23-,24+,27+/m0/s1. The first-order chi connectivity index (χ1) is 16.9. The minimum atomic E-state index is -1.09. The van der Waals surface area contributed by atoms with E-state index in [1.165, 1.54) is 0 Å². The second-order valence-corrected chi connectivity index (χ2v) is 9.19. The number of methoxy groups -OCH3 is 2. The number of thiocarbonyl (C=S) groups is 1. The Hall–Kier alpha value is -3.78. The molecule has 2 aliphatic rings. The lowest BCUT2D eigenvalue weighted by atomic mass is 9.78. The van der Waals surface area contributed by atoms with Crippen LogP contribution in [0.25, 0.3) is 0 Å². The van der Waals surface area contributed by atoms with Gasteiger partial charge in [0.15, 0.2) is 10.8 Å². The van der Waals surface area contributed by atoms with Gasteiger partial charge in [-0.3, -0.25) is 9.69 Å². The number of para-hydroxylation sites is 1. The third-order valence-electron chi connectivity index (χ3n) is 6.70. The Labute approximate surface area is 210 Å². The van der Waals surface area contributed by atoms with Crippen molar-refractivity contribution in [1.82, 2.24) is 5.32 Å². The molecule has 7 nitrogen and oxygen atoms in total. The summed E-state index contributed by atoms with van der Waals surface area (Å²) in [6.45, 7) is 3.94. The number of amides is 1. The minimum Gasteiger partial charge on any atom is -0.497 e. The Morgan fingerprint density at radius 3 is 2.43 bits per heavy atom. The van der Waals surface area contributed by atoms with Crippen molar-refractivity contribution in [2.45, 2.75) is 25.6 Å². The van der Waals surface area contributed by atoms with Gasteiger partial charge in [0.05, 0.1) is 20.3 Å². The molecule has 0 aliphatic carbocycles. The van der Waals surface area contributed by atoms with Crippen LogP contribution in [0, 0.1) is 12.8 Å². The van der Waals surface area contributed by atoms with Gasteiger partial charge in [0.25, 0.3) is 0 Å². The topological polar surface area (TPSA) is 72.1 Å². The maximum absolute atomic E-state index is 13.9. The molecule has 0 radical (unpaired) electrons. The van der Waals surface area contributed by atoms with E-state index in [2.05, 4.69) is 10.6 Å². The molecule has 180 valence electrons. The van der Waals surface area contributed by atoms with Crippen molar-refractivity contribution in [2.75, 3.05) is 24.4 Å². The summed E-state index contributed by atoms with van der Waals surface area (Å²) in [6, 6.07) is 20.4. The van der Waals surface area contributed by atoms with Crippen LogP contribution in [0.2, 0.25) is 0 Å². The monoisotopic (exact) mass is 489 g/mol. The first-order valence-corrected chi connectivity index (χ1v) is 11.7. The molecule has 1 saturated heterocycles. The number of nitrogens with one attached hydrogen (secondary N) is 2. The molecule has 3 aromatic rings. The highest BCUT2D eigenvalue weighted by Crippen LogP contribution is 2.51. The molecule has 2 bridgehead atoms. The molecule has 2 heterocycles. The SMILES string of the molecule is COc1ccc(NC(=O)[C@@H]2[C@@H]3NC(=S)N(c4ccccc4C)[C@]2(C)Oc2ccc(OC)cc23)cc1. The van der Waals surface area contributed by atoms with E-state index in [0.29, 0.717) is 28.0 Å². The molecule has 8 heteroatoms. The fraction of sp³-hybridized carbons (Fsp3) is 0.259. The van der Waals surface area contributed by atoms with Crippen molar-refractivity contribution in [1.29, 1.82) is 0 Å². The molecule has 0 unspecified atom stereocenters. The van der Waals surface area contributed by atoms with E-state index in [0.717, 1.165) is 16.8 Å². The van der Waals surface area contributed by atoms with Crippen LogP contribution in [0.5, 0.6) is 17.2 Å². The predicted octanol–water partition coefficient (Wildman–Crippen LogP) is 4.81. The largest absolute Gasteiger partial charge is 0.497 e. The summed E-state index contributed by atoms with van der Waals surface area (Å²) in [7, 11) is 3.22. The first kappa shape index (κ1) is 23.0. The molecule has 3 atom stereocenters. The highest BCUT2D eigenvalue weighted by molar-refractivity contribution is 7.80. The number of benzene rings is 3. The molecule has 35 heavy (non-hydrogen) atoms. The van der Waals surface area contributed by atoms with E-state index in [-0.39, 0.29) is 5.91 Å². The Morgan fingerprint density at radius 2 is 1.74 bits per heavy atom. The quantitative estimate of drug-likeness (QED) is 0.498. The summed E-state index contributed by atoms with van der Waals surface area (Å²) < 4.78 is 17.3. The van der Waals surface area contributed by atoms with Crippen LogP contribution in [-0.2, 0) is 4.79 Å². The van der Waals surface area contributed by atoms with Crippen LogP contribution in [0.3, 0.4) is 0 Å². The maximum Gasteiger partial charge on any atom is 0.236 e. The van der Waals surface area contributed by atoms with Gasteiger partial charge in [-0.2, -0.15) is 0 Å². The number of hydrogen-bond acceptors (Lipinski definition) is 5. The predicted molar refractivity (Wildman–Crippen MR) is 139 cm³/mol. The number of nitrogens with zero attached hydrogens (tertiary/aromatic N) is 1. The lowest BCUT2D eigenvalue weighted by molar-refractivity contribution is -0.130. The molecule has 2 N–H and O–H groups in total. The number of aryl methyl sites for hydroxylation is 1. The lowest BCUT2D eigenvalue weighted by Gasteiger charge is -2.56. The number of fused-ring (bicyclic) bond motifs is 4. The molecule has 3 aromatic carbocycles. The molecule has 0 saturated carbocycles. The fourth-order valence-corrected chi connectivity index (χ4v) is 5.37. The van der Waals surface area contributed by atoms with Gasteiger partial charge in [0.2, 0.25) is 5.91 Å². The highest BCUT2D eigenvalue weighted by Gasteiger charge is 2.59. The van der Waals surface area contributed by atoms with Gasteiger partial charge in [-0.05, 0) is 80.2 Å². The fourth-order valence-electron chi connectivity index (χ4n) is 4.96. The zero-order valence-electron chi connectivity index (χ0n) is 20.0. The summed E-state index contributed by atoms with van der Waals surface area (Å²) in [5.74, 6) is 1.24. The smallest absolute Gasteiger partial charge is 0.236 e. The number of anilines is 2. The van der Waals surface area contributed by atoms with E-state index >= 15 is 0 Å². The molecular formula is C27H27N3O4S. The van der Waals surface area contributed by atoms with Crippen molar-refractivity contribution in [3.8, 4) is 17.2 Å². The van der Waals surface area contributed by atoms with Gasteiger partial charge < -0.3 is 24.8 Å². The van der Waals surface area contributed by atoms with E-state index in [1.807, 2.05) is 85.5 Å². The summed E-state index contributed by atoms with van der Waals surface area (Å²) in [5, 5.41) is 6.99. The van der Waals surface area contributed by atoms with Gasteiger partial charge in [0, 0.05) is 16.9 Å². The number of hydrogen-bond donors (Lipinski definition) is 2. The van der Waals surface area contributed by atoms with Gasteiger partial charge in [-0.15, -0.1) is 0 Å². The Bertz CT molecular complexity index is 1300. The van der Waals surface area contributed by atoms with E-state index in [1.54, 1.807) is 14.2 Å². The number of carbonyl (C=O) groups is 1. The van der Waals surface area contributed by atoms with Gasteiger partial charge in [-0.1, -0.05) is 18.2 Å². The van der Waals surface area contributed by atoms with Crippen molar-refractivity contribution >= 4 is 34.6 Å². The summed E-state index contributed by atoms with van der Waals surface area (Å²) in [5.41, 5.74) is 2.31. The zero-order chi connectivity index (χ0) is 24.7. The molecule has 1 amide bonds. The summed E-state index contributed by atoms with van der Waals surface area (Å²) in [6.07, 6.45) is 0.